The monoisotopic (exact) mass is 347 g/mol. The zero-order valence-corrected chi connectivity index (χ0v) is 14.1. The number of halogens is 1. The summed E-state index contributed by atoms with van der Waals surface area (Å²) in [5, 5.41) is 6.39. The van der Waals surface area contributed by atoms with Crippen LogP contribution >= 0.6 is 0 Å². The summed E-state index contributed by atoms with van der Waals surface area (Å²) in [6.07, 6.45) is 1.61. The Hall–Kier alpha value is -2.77. The summed E-state index contributed by atoms with van der Waals surface area (Å²) in [6, 6.07) is 4.15. The number of carbonyl (C=O) groups is 2. The minimum atomic E-state index is -0.465. The van der Waals surface area contributed by atoms with Gasteiger partial charge in [-0.15, -0.1) is 0 Å². The molecule has 25 heavy (non-hydrogen) atoms. The fourth-order valence-electron chi connectivity index (χ4n) is 3.12. The molecule has 1 aromatic heterocycles. The highest BCUT2D eigenvalue weighted by atomic mass is 19.1. The average molecular weight is 347 g/mol. The maximum atomic E-state index is 13.6. The zero-order valence-electron chi connectivity index (χ0n) is 14.1. The average Bonchev–Trinajstić information content (AvgIpc) is 2.95. The molecular formula is C17H22FN5O2. The molecule has 1 aromatic carbocycles. The molecule has 1 atom stereocenters. The van der Waals surface area contributed by atoms with Crippen LogP contribution < -0.4 is 16.4 Å². The van der Waals surface area contributed by atoms with Gasteiger partial charge in [0.15, 0.2) is 0 Å². The maximum absolute atomic E-state index is 13.6. The van der Waals surface area contributed by atoms with E-state index < -0.39 is 6.03 Å². The number of hydrogen-bond acceptors (Lipinski definition) is 2. The molecule has 1 saturated heterocycles. The molecule has 1 aliphatic heterocycles. The van der Waals surface area contributed by atoms with Crippen molar-refractivity contribution in [1.82, 2.24) is 20.5 Å². The summed E-state index contributed by atoms with van der Waals surface area (Å²) < 4.78 is 13.6. The van der Waals surface area contributed by atoms with Crippen LogP contribution in [0.5, 0.6) is 0 Å². The van der Waals surface area contributed by atoms with Crippen molar-refractivity contribution in [2.24, 2.45) is 5.73 Å². The number of aromatic amines is 1. The van der Waals surface area contributed by atoms with E-state index >= 15 is 0 Å². The second-order valence-corrected chi connectivity index (χ2v) is 6.43. The van der Waals surface area contributed by atoms with E-state index in [1.807, 2.05) is 6.07 Å². The van der Waals surface area contributed by atoms with Crippen molar-refractivity contribution in [3.8, 4) is 0 Å². The van der Waals surface area contributed by atoms with E-state index in [0.717, 1.165) is 29.4 Å². The van der Waals surface area contributed by atoms with Crippen LogP contribution in [0.1, 0.15) is 24.1 Å². The molecule has 0 radical (unpaired) electrons. The van der Waals surface area contributed by atoms with E-state index in [4.69, 9.17) is 5.73 Å². The van der Waals surface area contributed by atoms with Gasteiger partial charge in [-0.1, -0.05) is 0 Å². The number of urea groups is 2. The van der Waals surface area contributed by atoms with Gasteiger partial charge in [-0.05, 0) is 43.5 Å². The SMILES string of the molecule is Cc1cc2[nH]c(CNC(=O)N[C@@H]3CCCN(C(N)=O)C3)cc2cc1F. The quantitative estimate of drug-likeness (QED) is 0.682. The Morgan fingerprint density at radius 3 is 2.96 bits per heavy atom. The Kier molecular flexibility index (Phi) is 4.78. The normalized spacial score (nSPS) is 17.5. The van der Waals surface area contributed by atoms with Crippen molar-refractivity contribution in [2.75, 3.05) is 13.1 Å². The van der Waals surface area contributed by atoms with Gasteiger partial charge in [0.05, 0.1) is 6.54 Å². The molecule has 0 unspecified atom stereocenters. The third-order valence-corrected chi connectivity index (χ3v) is 4.46. The predicted molar refractivity (Wildman–Crippen MR) is 92.5 cm³/mol. The second kappa shape index (κ2) is 7.00. The molecule has 134 valence electrons. The lowest BCUT2D eigenvalue weighted by Crippen LogP contribution is -2.52. The fourth-order valence-corrected chi connectivity index (χ4v) is 3.12. The molecule has 5 N–H and O–H groups in total. The molecule has 0 aliphatic carbocycles. The van der Waals surface area contributed by atoms with E-state index in [1.54, 1.807) is 13.0 Å². The summed E-state index contributed by atoms with van der Waals surface area (Å²) in [5.41, 5.74) is 7.48. The Balaban J connectivity index is 1.54. The number of hydrogen-bond donors (Lipinski definition) is 4. The molecule has 2 aromatic rings. The highest BCUT2D eigenvalue weighted by Gasteiger charge is 2.23. The molecule has 1 aliphatic rings. The van der Waals surface area contributed by atoms with Crippen LogP contribution in [0.25, 0.3) is 10.9 Å². The Bertz CT molecular complexity index is 765. The van der Waals surface area contributed by atoms with Crippen LogP contribution in [0, 0.1) is 12.7 Å². The van der Waals surface area contributed by atoms with Crippen molar-refractivity contribution in [3.63, 3.8) is 0 Å². The summed E-state index contributed by atoms with van der Waals surface area (Å²) in [4.78, 5) is 28.0. The van der Waals surface area contributed by atoms with Crippen LogP contribution in [0.3, 0.4) is 0 Å². The Morgan fingerprint density at radius 2 is 2.20 bits per heavy atom. The minimum absolute atomic E-state index is 0.110. The first-order valence-electron chi connectivity index (χ1n) is 8.29. The lowest BCUT2D eigenvalue weighted by Gasteiger charge is -2.31. The number of carbonyl (C=O) groups excluding carboxylic acids is 2. The van der Waals surface area contributed by atoms with Crippen LogP contribution in [-0.4, -0.2) is 41.1 Å². The van der Waals surface area contributed by atoms with Crippen molar-refractivity contribution in [1.29, 1.82) is 0 Å². The summed E-state index contributed by atoms with van der Waals surface area (Å²) in [6.45, 7) is 3.06. The minimum Gasteiger partial charge on any atom is -0.357 e. The molecule has 2 heterocycles. The number of piperidine rings is 1. The summed E-state index contributed by atoms with van der Waals surface area (Å²) >= 11 is 0. The van der Waals surface area contributed by atoms with E-state index in [1.165, 1.54) is 11.0 Å². The zero-order chi connectivity index (χ0) is 18.0. The van der Waals surface area contributed by atoms with Gasteiger partial charge in [-0.3, -0.25) is 0 Å². The summed E-state index contributed by atoms with van der Waals surface area (Å²) in [7, 11) is 0. The van der Waals surface area contributed by atoms with Gasteiger partial charge in [-0.25, -0.2) is 14.0 Å². The topological polar surface area (TPSA) is 103 Å². The number of amides is 4. The molecule has 7 nitrogen and oxygen atoms in total. The fraction of sp³-hybridized carbons (Fsp3) is 0.412. The van der Waals surface area contributed by atoms with Crippen molar-refractivity contribution < 1.29 is 14.0 Å². The number of aryl methyl sites for hydroxylation is 1. The van der Waals surface area contributed by atoms with E-state index in [2.05, 4.69) is 15.6 Å². The van der Waals surface area contributed by atoms with Gasteiger partial charge < -0.3 is 26.3 Å². The van der Waals surface area contributed by atoms with Gasteiger partial charge in [0, 0.05) is 35.7 Å². The third kappa shape index (κ3) is 4.01. The number of likely N-dealkylation sites (tertiary alicyclic amines) is 1. The van der Waals surface area contributed by atoms with Gasteiger partial charge in [0.2, 0.25) is 0 Å². The number of nitrogens with zero attached hydrogens (tertiary/aromatic N) is 1. The molecule has 0 saturated carbocycles. The van der Waals surface area contributed by atoms with Gasteiger partial charge in [0.1, 0.15) is 5.82 Å². The second-order valence-electron chi connectivity index (χ2n) is 6.43. The van der Waals surface area contributed by atoms with E-state index in [-0.39, 0.29) is 17.9 Å². The Morgan fingerprint density at radius 1 is 1.40 bits per heavy atom. The molecule has 3 rings (SSSR count). The van der Waals surface area contributed by atoms with Crippen LogP contribution in [0.2, 0.25) is 0 Å². The largest absolute Gasteiger partial charge is 0.357 e. The lowest BCUT2D eigenvalue weighted by atomic mass is 10.1. The first-order chi connectivity index (χ1) is 11.9. The third-order valence-electron chi connectivity index (χ3n) is 4.46. The van der Waals surface area contributed by atoms with Crippen molar-refractivity contribution >= 4 is 23.0 Å². The van der Waals surface area contributed by atoms with E-state index in [0.29, 0.717) is 25.2 Å². The first kappa shape index (κ1) is 17.1. The van der Waals surface area contributed by atoms with Gasteiger partial charge in [0.25, 0.3) is 0 Å². The van der Waals surface area contributed by atoms with Gasteiger partial charge >= 0.3 is 12.1 Å². The molecule has 8 heteroatoms. The number of fused-ring (bicyclic) bond motifs is 1. The number of rotatable bonds is 3. The number of H-pyrrole nitrogens is 1. The molecular weight excluding hydrogens is 325 g/mol. The number of benzene rings is 1. The number of nitrogens with two attached hydrogens (primary N) is 1. The smallest absolute Gasteiger partial charge is 0.315 e. The van der Waals surface area contributed by atoms with Crippen LogP contribution in [0.15, 0.2) is 18.2 Å². The Labute approximate surface area is 144 Å². The number of primary amides is 1. The van der Waals surface area contributed by atoms with Gasteiger partial charge in [-0.2, -0.15) is 0 Å². The van der Waals surface area contributed by atoms with Crippen LogP contribution in [-0.2, 0) is 6.54 Å². The highest BCUT2D eigenvalue weighted by molar-refractivity contribution is 5.81. The predicted octanol–water partition coefficient (Wildman–Crippen LogP) is 1.96. The van der Waals surface area contributed by atoms with Crippen molar-refractivity contribution in [3.05, 3.63) is 35.3 Å². The van der Waals surface area contributed by atoms with Crippen LogP contribution in [0.4, 0.5) is 14.0 Å². The van der Waals surface area contributed by atoms with Crippen molar-refractivity contribution in [2.45, 2.75) is 32.4 Å². The standard InChI is InChI=1S/C17H22FN5O2/c1-10-5-15-11(7-14(10)18)6-13(21-15)8-20-17(25)22-12-3-2-4-23(9-12)16(19)24/h5-7,12,21H,2-4,8-9H2,1H3,(H2,19,24)(H2,20,22,25)/t12-/m1/s1. The summed E-state index contributed by atoms with van der Waals surface area (Å²) in [5.74, 6) is -0.250. The highest BCUT2D eigenvalue weighted by Crippen LogP contribution is 2.19. The molecule has 0 bridgehead atoms. The van der Waals surface area contributed by atoms with E-state index in [9.17, 15) is 14.0 Å². The molecule has 1 fully saturated rings. The number of aromatic nitrogens is 1. The molecule has 0 spiro atoms. The first-order valence-corrected chi connectivity index (χ1v) is 8.29. The maximum Gasteiger partial charge on any atom is 0.315 e. The molecule has 4 amide bonds. The number of nitrogens with one attached hydrogen (secondary N) is 3. The lowest BCUT2D eigenvalue weighted by molar-refractivity contribution is 0.179.